The molecule has 1 unspecified atom stereocenters. The van der Waals surface area contributed by atoms with Crippen LogP contribution < -0.4 is 14.8 Å². The van der Waals surface area contributed by atoms with Crippen LogP contribution in [0.1, 0.15) is 37.8 Å². The molecule has 1 N–H and O–H groups in total. The Kier molecular flexibility index (Phi) is 9.08. The number of nitrogens with zero attached hydrogens (tertiary/aromatic N) is 3. The average molecular weight is 483 g/mol. The number of methoxy groups -OCH3 is 1. The van der Waals surface area contributed by atoms with Crippen LogP contribution in [0.3, 0.4) is 0 Å². The van der Waals surface area contributed by atoms with Crippen molar-refractivity contribution in [3.63, 3.8) is 0 Å². The highest BCUT2D eigenvalue weighted by molar-refractivity contribution is 6.04. The summed E-state index contributed by atoms with van der Waals surface area (Å²) in [6.07, 6.45) is 0.214. The minimum atomic E-state index is -0.501. The zero-order valence-corrected chi connectivity index (χ0v) is 21.0. The molecule has 35 heavy (non-hydrogen) atoms. The minimum Gasteiger partial charge on any atom is -0.493 e. The van der Waals surface area contributed by atoms with Gasteiger partial charge in [0.15, 0.2) is 11.5 Å². The van der Waals surface area contributed by atoms with Crippen molar-refractivity contribution in [2.45, 2.75) is 39.3 Å². The summed E-state index contributed by atoms with van der Waals surface area (Å²) >= 11 is 0. The van der Waals surface area contributed by atoms with Crippen LogP contribution in [0.25, 0.3) is 0 Å². The molecular formula is C26H34N4O5. The second kappa shape index (κ2) is 12.2. The standard InChI is InChI=1S/C26H34N4O5/c1-6-34-24-15-20(9-13-23(24)33-5)22-12-14-25(31)30(28-22)17-19-7-10-21(11-8-19)27-26(32)35-18(2)16-29(3)4/h7-11,13,15,18H,6,12,14,16-17H2,1-5H3,(H,27,32). The molecule has 0 radical (unpaired) electrons. The summed E-state index contributed by atoms with van der Waals surface area (Å²) in [5.41, 5.74) is 3.23. The Balaban J connectivity index is 1.66. The van der Waals surface area contributed by atoms with E-state index in [1.807, 2.05) is 63.2 Å². The number of anilines is 1. The first-order valence-corrected chi connectivity index (χ1v) is 11.7. The normalized spacial score (nSPS) is 14.4. The number of nitrogens with one attached hydrogen (secondary N) is 1. The first kappa shape index (κ1) is 26.0. The Labute approximate surface area is 206 Å². The van der Waals surface area contributed by atoms with Crippen molar-refractivity contribution in [3.8, 4) is 11.5 Å². The van der Waals surface area contributed by atoms with E-state index in [9.17, 15) is 9.59 Å². The van der Waals surface area contributed by atoms with Gasteiger partial charge in [0.05, 0.1) is 26.0 Å². The van der Waals surface area contributed by atoms with Crippen LogP contribution in [0.15, 0.2) is 47.6 Å². The van der Waals surface area contributed by atoms with Crippen molar-refractivity contribution in [2.75, 3.05) is 39.7 Å². The topological polar surface area (TPSA) is 92.7 Å². The van der Waals surface area contributed by atoms with Crippen molar-refractivity contribution in [3.05, 3.63) is 53.6 Å². The summed E-state index contributed by atoms with van der Waals surface area (Å²) < 4.78 is 16.4. The molecule has 1 aliphatic heterocycles. The quantitative estimate of drug-likeness (QED) is 0.548. The van der Waals surface area contributed by atoms with Gasteiger partial charge < -0.3 is 19.1 Å². The van der Waals surface area contributed by atoms with Gasteiger partial charge in [-0.2, -0.15) is 5.10 Å². The van der Waals surface area contributed by atoms with E-state index in [0.29, 0.717) is 49.7 Å². The van der Waals surface area contributed by atoms with Crippen molar-refractivity contribution in [2.24, 2.45) is 5.10 Å². The van der Waals surface area contributed by atoms with Gasteiger partial charge in [0, 0.05) is 30.6 Å². The largest absolute Gasteiger partial charge is 0.493 e. The third-order valence-electron chi connectivity index (χ3n) is 5.36. The van der Waals surface area contributed by atoms with Crippen LogP contribution in [0.5, 0.6) is 11.5 Å². The lowest BCUT2D eigenvalue weighted by Crippen LogP contribution is -2.31. The lowest BCUT2D eigenvalue weighted by molar-refractivity contribution is -0.132. The summed E-state index contributed by atoms with van der Waals surface area (Å²) in [6, 6.07) is 12.9. The highest BCUT2D eigenvalue weighted by atomic mass is 16.6. The number of hydrogen-bond donors (Lipinski definition) is 1. The molecule has 9 nitrogen and oxygen atoms in total. The lowest BCUT2D eigenvalue weighted by atomic mass is 10.0. The molecule has 0 fully saturated rings. The smallest absolute Gasteiger partial charge is 0.411 e. The highest BCUT2D eigenvalue weighted by Gasteiger charge is 2.22. The highest BCUT2D eigenvalue weighted by Crippen LogP contribution is 2.30. The molecule has 0 bridgehead atoms. The molecule has 1 aliphatic rings. The van der Waals surface area contributed by atoms with Crippen molar-refractivity contribution in [1.29, 1.82) is 0 Å². The fourth-order valence-electron chi connectivity index (χ4n) is 3.80. The number of carbonyl (C=O) groups is 2. The van der Waals surface area contributed by atoms with E-state index >= 15 is 0 Å². The van der Waals surface area contributed by atoms with Crippen LogP contribution in [0.2, 0.25) is 0 Å². The Morgan fingerprint density at radius 3 is 2.54 bits per heavy atom. The van der Waals surface area contributed by atoms with E-state index in [1.54, 1.807) is 19.2 Å². The Hall–Kier alpha value is -3.59. The first-order valence-electron chi connectivity index (χ1n) is 11.7. The second-order valence-corrected chi connectivity index (χ2v) is 8.60. The number of hydrogen-bond acceptors (Lipinski definition) is 7. The number of amides is 2. The SMILES string of the molecule is CCOc1cc(C2=NN(Cc3ccc(NC(=O)OC(C)CN(C)C)cc3)C(=O)CC2)ccc1OC. The summed E-state index contributed by atoms with van der Waals surface area (Å²) in [4.78, 5) is 26.6. The Morgan fingerprint density at radius 2 is 1.89 bits per heavy atom. The van der Waals surface area contributed by atoms with E-state index < -0.39 is 6.09 Å². The molecule has 1 atom stereocenters. The van der Waals surface area contributed by atoms with Crippen LogP contribution in [-0.2, 0) is 16.1 Å². The molecule has 2 amide bonds. The molecule has 188 valence electrons. The van der Waals surface area contributed by atoms with E-state index in [1.165, 1.54) is 5.01 Å². The number of benzene rings is 2. The summed E-state index contributed by atoms with van der Waals surface area (Å²) in [5, 5.41) is 8.84. The summed E-state index contributed by atoms with van der Waals surface area (Å²) in [5.74, 6) is 1.27. The fourth-order valence-corrected chi connectivity index (χ4v) is 3.80. The predicted molar refractivity (Wildman–Crippen MR) is 135 cm³/mol. The van der Waals surface area contributed by atoms with Crippen LogP contribution in [0, 0.1) is 0 Å². The third-order valence-corrected chi connectivity index (χ3v) is 5.36. The third kappa shape index (κ3) is 7.45. The number of rotatable bonds is 10. The van der Waals surface area contributed by atoms with E-state index in [2.05, 4.69) is 10.4 Å². The van der Waals surface area contributed by atoms with Crippen LogP contribution >= 0.6 is 0 Å². The summed E-state index contributed by atoms with van der Waals surface area (Å²) in [7, 11) is 5.45. The molecule has 0 spiro atoms. The summed E-state index contributed by atoms with van der Waals surface area (Å²) in [6.45, 7) is 5.26. The Bertz CT molecular complexity index is 1050. The van der Waals surface area contributed by atoms with Gasteiger partial charge in [0.25, 0.3) is 0 Å². The van der Waals surface area contributed by atoms with Gasteiger partial charge in [-0.3, -0.25) is 10.1 Å². The van der Waals surface area contributed by atoms with E-state index in [4.69, 9.17) is 14.2 Å². The maximum absolute atomic E-state index is 12.5. The fraction of sp³-hybridized carbons (Fsp3) is 0.423. The zero-order chi connectivity index (χ0) is 25.4. The predicted octanol–water partition coefficient (Wildman–Crippen LogP) is 4.12. The minimum absolute atomic E-state index is 0.0343. The van der Waals surface area contributed by atoms with Gasteiger partial charge in [-0.15, -0.1) is 0 Å². The van der Waals surface area contributed by atoms with E-state index in [0.717, 1.165) is 16.8 Å². The molecule has 9 heteroatoms. The molecule has 0 aliphatic carbocycles. The number of carbonyl (C=O) groups excluding carboxylic acids is 2. The van der Waals surface area contributed by atoms with E-state index in [-0.39, 0.29) is 12.0 Å². The Morgan fingerprint density at radius 1 is 1.14 bits per heavy atom. The van der Waals surface area contributed by atoms with Crippen molar-refractivity contribution >= 4 is 23.4 Å². The number of ether oxygens (including phenoxy) is 3. The lowest BCUT2D eigenvalue weighted by Gasteiger charge is -2.24. The first-order chi connectivity index (χ1) is 16.8. The zero-order valence-electron chi connectivity index (χ0n) is 21.0. The molecule has 0 saturated heterocycles. The number of hydrazone groups is 1. The van der Waals surface area contributed by atoms with Gasteiger partial charge in [-0.1, -0.05) is 12.1 Å². The van der Waals surface area contributed by atoms with Gasteiger partial charge in [-0.25, -0.2) is 9.80 Å². The van der Waals surface area contributed by atoms with Gasteiger partial charge in [0.1, 0.15) is 6.10 Å². The molecule has 3 rings (SSSR count). The molecule has 2 aromatic rings. The van der Waals surface area contributed by atoms with Crippen molar-refractivity contribution in [1.82, 2.24) is 9.91 Å². The van der Waals surface area contributed by atoms with Crippen molar-refractivity contribution < 1.29 is 23.8 Å². The van der Waals surface area contributed by atoms with Crippen LogP contribution in [-0.4, -0.2) is 68.1 Å². The average Bonchev–Trinajstić information content (AvgIpc) is 2.81. The molecular weight excluding hydrogens is 448 g/mol. The molecule has 0 aromatic heterocycles. The second-order valence-electron chi connectivity index (χ2n) is 8.60. The van der Waals surface area contributed by atoms with Gasteiger partial charge >= 0.3 is 6.09 Å². The van der Waals surface area contributed by atoms with Gasteiger partial charge in [0.2, 0.25) is 5.91 Å². The monoisotopic (exact) mass is 482 g/mol. The van der Waals surface area contributed by atoms with Gasteiger partial charge in [-0.05, 0) is 63.8 Å². The molecule has 0 saturated carbocycles. The maximum Gasteiger partial charge on any atom is 0.411 e. The van der Waals surface area contributed by atoms with Crippen LogP contribution in [0.4, 0.5) is 10.5 Å². The number of likely N-dealkylation sites (N-methyl/N-ethyl adjacent to an activating group) is 1. The molecule has 1 heterocycles. The maximum atomic E-state index is 12.5. The molecule has 2 aromatic carbocycles.